The zero-order valence-electron chi connectivity index (χ0n) is 16.9. The Hall–Kier alpha value is -2.41. The number of nitrogens with zero attached hydrogens (tertiary/aromatic N) is 1. The highest BCUT2D eigenvalue weighted by Gasteiger charge is 2.20. The molecule has 1 aromatic carbocycles. The fourth-order valence-electron chi connectivity index (χ4n) is 3.20. The van der Waals surface area contributed by atoms with E-state index in [1.165, 1.54) is 12.3 Å². The minimum Gasteiger partial charge on any atom is -0.474 e. The summed E-state index contributed by atoms with van der Waals surface area (Å²) in [5.74, 6) is 0.112. The van der Waals surface area contributed by atoms with Crippen LogP contribution in [0.15, 0.2) is 35.3 Å². The van der Waals surface area contributed by atoms with Gasteiger partial charge in [-0.2, -0.15) is 0 Å². The van der Waals surface area contributed by atoms with Crippen LogP contribution in [0.4, 0.5) is 0 Å². The molecule has 0 radical (unpaired) electrons. The summed E-state index contributed by atoms with van der Waals surface area (Å²) in [6.45, 7) is 7.71. The fourth-order valence-corrected chi connectivity index (χ4v) is 3.65. The van der Waals surface area contributed by atoms with E-state index in [2.05, 4.69) is 36.8 Å². The van der Waals surface area contributed by atoms with Crippen LogP contribution in [0.2, 0.25) is 5.02 Å². The van der Waals surface area contributed by atoms with Crippen molar-refractivity contribution in [2.75, 3.05) is 13.2 Å². The lowest BCUT2D eigenvalue weighted by molar-refractivity contribution is 0.0526. The lowest BCUT2D eigenvalue weighted by atomic mass is 9.85. The van der Waals surface area contributed by atoms with E-state index < -0.39 is 12.7 Å². The van der Waals surface area contributed by atoms with Crippen molar-refractivity contribution in [3.63, 3.8) is 0 Å². The second-order valence-electron chi connectivity index (χ2n) is 8.13. The molecule has 0 amide bonds. The second-order valence-corrected chi connectivity index (χ2v) is 8.54. The second kappa shape index (κ2) is 8.14. The molecule has 6 nitrogen and oxygen atoms in total. The highest BCUT2D eigenvalue weighted by atomic mass is 35.5. The van der Waals surface area contributed by atoms with Crippen molar-refractivity contribution in [1.29, 1.82) is 0 Å². The standard InChI is InChI=1S/C22H25ClN2O4/c1-12-7-15(22(2,3)4)16(23)8-14(12)18-9-19(28)20-17(25-18)5-6-24-21(20)29-11-13(27)10-26/h5-9,13,26-27H,10-11H2,1-4H3,(H,25,28)/t13-/m1/s1. The van der Waals surface area contributed by atoms with Crippen molar-refractivity contribution < 1.29 is 14.9 Å². The van der Waals surface area contributed by atoms with Crippen LogP contribution in [0, 0.1) is 6.92 Å². The van der Waals surface area contributed by atoms with Crippen LogP contribution in [0.5, 0.6) is 5.88 Å². The Morgan fingerprint density at radius 2 is 2.00 bits per heavy atom. The monoisotopic (exact) mass is 416 g/mol. The SMILES string of the molecule is Cc1cc(C(C)(C)C)c(Cl)cc1-c1cc(=O)c2c(OC[C@H](O)CO)nccc2[nH]1. The first-order valence-corrected chi connectivity index (χ1v) is 9.74. The highest BCUT2D eigenvalue weighted by Crippen LogP contribution is 2.35. The number of aromatic amines is 1. The van der Waals surface area contributed by atoms with E-state index in [1.807, 2.05) is 13.0 Å². The first-order valence-electron chi connectivity index (χ1n) is 9.36. The van der Waals surface area contributed by atoms with Crippen LogP contribution < -0.4 is 10.2 Å². The molecule has 154 valence electrons. The van der Waals surface area contributed by atoms with Gasteiger partial charge >= 0.3 is 0 Å². The molecule has 2 heterocycles. The Morgan fingerprint density at radius 1 is 1.28 bits per heavy atom. The molecule has 0 aliphatic carbocycles. The van der Waals surface area contributed by atoms with Gasteiger partial charge in [-0.25, -0.2) is 4.98 Å². The number of fused-ring (bicyclic) bond motifs is 1. The number of pyridine rings is 2. The maximum atomic E-state index is 12.8. The van der Waals surface area contributed by atoms with E-state index >= 15 is 0 Å². The smallest absolute Gasteiger partial charge is 0.226 e. The number of hydrogen-bond acceptors (Lipinski definition) is 5. The molecule has 1 atom stereocenters. The maximum Gasteiger partial charge on any atom is 0.226 e. The quantitative estimate of drug-likeness (QED) is 0.590. The third kappa shape index (κ3) is 4.45. The summed E-state index contributed by atoms with van der Waals surface area (Å²) in [6, 6.07) is 7.12. The number of aliphatic hydroxyl groups is 2. The van der Waals surface area contributed by atoms with Gasteiger partial charge in [-0.1, -0.05) is 38.4 Å². The molecular weight excluding hydrogens is 392 g/mol. The van der Waals surface area contributed by atoms with Crippen molar-refractivity contribution in [3.8, 4) is 17.1 Å². The highest BCUT2D eigenvalue weighted by molar-refractivity contribution is 6.31. The van der Waals surface area contributed by atoms with E-state index in [-0.39, 0.29) is 28.7 Å². The molecule has 2 aromatic heterocycles. The zero-order chi connectivity index (χ0) is 21.3. The van der Waals surface area contributed by atoms with Gasteiger partial charge in [0.15, 0.2) is 5.43 Å². The molecule has 29 heavy (non-hydrogen) atoms. The van der Waals surface area contributed by atoms with Crippen LogP contribution in [-0.4, -0.2) is 39.5 Å². The first-order chi connectivity index (χ1) is 13.6. The van der Waals surface area contributed by atoms with Gasteiger partial charge in [-0.05, 0) is 35.6 Å². The lowest BCUT2D eigenvalue weighted by Crippen LogP contribution is -2.22. The van der Waals surface area contributed by atoms with E-state index in [0.717, 1.165) is 16.7 Å². The number of benzene rings is 1. The minimum absolute atomic E-state index is 0.0891. The molecule has 0 saturated carbocycles. The summed E-state index contributed by atoms with van der Waals surface area (Å²) in [4.78, 5) is 20.2. The van der Waals surface area contributed by atoms with Gasteiger partial charge in [0.2, 0.25) is 5.88 Å². The van der Waals surface area contributed by atoms with Crippen molar-refractivity contribution in [2.45, 2.75) is 39.2 Å². The van der Waals surface area contributed by atoms with Crippen molar-refractivity contribution in [2.24, 2.45) is 0 Å². The third-order valence-electron chi connectivity index (χ3n) is 4.74. The predicted molar refractivity (Wildman–Crippen MR) is 115 cm³/mol. The Labute approximate surface area is 174 Å². The van der Waals surface area contributed by atoms with Crippen molar-refractivity contribution in [3.05, 3.63) is 56.8 Å². The van der Waals surface area contributed by atoms with Crippen LogP contribution in [0.1, 0.15) is 31.9 Å². The number of aryl methyl sites for hydroxylation is 1. The number of halogens is 1. The molecule has 0 fully saturated rings. The first kappa shape index (κ1) is 21.3. The molecule has 0 spiro atoms. The molecule has 7 heteroatoms. The minimum atomic E-state index is -1.04. The summed E-state index contributed by atoms with van der Waals surface area (Å²) >= 11 is 6.54. The van der Waals surface area contributed by atoms with E-state index in [0.29, 0.717) is 16.2 Å². The Kier molecular flexibility index (Phi) is 5.98. The summed E-state index contributed by atoms with van der Waals surface area (Å²) in [5, 5.41) is 19.4. The van der Waals surface area contributed by atoms with Crippen LogP contribution in [-0.2, 0) is 5.41 Å². The number of rotatable bonds is 5. The molecule has 0 aliphatic heterocycles. The molecular formula is C22H25ClN2O4. The van der Waals surface area contributed by atoms with Gasteiger partial charge in [0.1, 0.15) is 18.1 Å². The number of aromatic nitrogens is 2. The normalized spacial score (nSPS) is 12.9. The van der Waals surface area contributed by atoms with E-state index in [1.54, 1.807) is 6.07 Å². The molecule has 0 bridgehead atoms. The Balaban J connectivity index is 2.09. The fraction of sp³-hybridized carbons (Fsp3) is 0.364. The van der Waals surface area contributed by atoms with Crippen molar-refractivity contribution in [1.82, 2.24) is 9.97 Å². The van der Waals surface area contributed by atoms with Crippen LogP contribution in [0.25, 0.3) is 22.2 Å². The molecule has 3 N–H and O–H groups in total. The number of hydrogen-bond donors (Lipinski definition) is 3. The maximum absolute atomic E-state index is 12.8. The lowest BCUT2D eigenvalue weighted by Gasteiger charge is -2.22. The van der Waals surface area contributed by atoms with Gasteiger partial charge in [0.05, 0.1) is 17.8 Å². The van der Waals surface area contributed by atoms with Crippen LogP contribution >= 0.6 is 11.6 Å². The average Bonchev–Trinajstić information content (AvgIpc) is 2.66. The summed E-state index contributed by atoms with van der Waals surface area (Å²) < 4.78 is 5.43. The van der Waals surface area contributed by atoms with Gasteiger partial charge in [-0.15, -0.1) is 0 Å². The summed E-state index contributed by atoms with van der Waals surface area (Å²) in [7, 11) is 0. The Bertz CT molecular complexity index is 1100. The Morgan fingerprint density at radius 3 is 2.66 bits per heavy atom. The predicted octanol–water partition coefficient (Wildman–Crippen LogP) is 3.58. The number of nitrogens with one attached hydrogen (secondary N) is 1. The van der Waals surface area contributed by atoms with E-state index in [9.17, 15) is 9.90 Å². The topological polar surface area (TPSA) is 95.4 Å². The van der Waals surface area contributed by atoms with Gasteiger partial charge in [0.25, 0.3) is 0 Å². The summed E-state index contributed by atoms with van der Waals surface area (Å²) in [5.41, 5.74) is 3.76. The number of H-pyrrole nitrogens is 1. The molecule has 3 aromatic rings. The molecule has 3 rings (SSSR count). The van der Waals surface area contributed by atoms with Gasteiger partial charge in [0, 0.05) is 22.8 Å². The summed E-state index contributed by atoms with van der Waals surface area (Å²) in [6.07, 6.45) is 0.474. The van der Waals surface area contributed by atoms with Crippen molar-refractivity contribution >= 4 is 22.5 Å². The van der Waals surface area contributed by atoms with Gasteiger partial charge in [-0.3, -0.25) is 4.79 Å². The largest absolute Gasteiger partial charge is 0.474 e. The number of ether oxygens (including phenoxy) is 1. The third-order valence-corrected chi connectivity index (χ3v) is 5.06. The zero-order valence-corrected chi connectivity index (χ0v) is 17.7. The van der Waals surface area contributed by atoms with Gasteiger partial charge < -0.3 is 19.9 Å². The van der Waals surface area contributed by atoms with Crippen LogP contribution in [0.3, 0.4) is 0 Å². The molecule has 0 saturated heterocycles. The molecule has 0 aliphatic rings. The number of aliphatic hydroxyl groups excluding tert-OH is 2. The average molecular weight is 417 g/mol. The van der Waals surface area contributed by atoms with E-state index in [4.69, 9.17) is 21.4 Å². The molecule has 0 unspecified atom stereocenters.